The molecule has 118 valence electrons. The molecular formula is C16H21N3O3. The van der Waals surface area contributed by atoms with Crippen molar-refractivity contribution in [2.24, 2.45) is 5.73 Å². The molecule has 22 heavy (non-hydrogen) atoms. The highest BCUT2D eigenvalue weighted by atomic mass is 16.2. The van der Waals surface area contributed by atoms with Gasteiger partial charge in [0, 0.05) is 12.1 Å². The van der Waals surface area contributed by atoms with Gasteiger partial charge in [0.25, 0.3) is 5.91 Å². The summed E-state index contributed by atoms with van der Waals surface area (Å²) in [6.45, 7) is 2.10. The number of hydrogen-bond acceptors (Lipinski definition) is 3. The Hall–Kier alpha value is -2.37. The SMILES string of the molecule is CC(C(N)=O)N1CCCCC(NC(=O)c2ccccc2)C1=O. The molecule has 1 aromatic carbocycles. The number of primary amides is 1. The van der Waals surface area contributed by atoms with Gasteiger partial charge in [-0.25, -0.2) is 0 Å². The van der Waals surface area contributed by atoms with Crippen LogP contribution in [0.5, 0.6) is 0 Å². The van der Waals surface area contributed by atoms with Gasteiger partial charge in [-0.3, -0.25) is 14.4 Å². The molecule has 3 N–H and O–H groups in total. The zero-order chi connectivity index (χ0) is 16.1. The highest BCUT2D eigenvalue weighted by Gasteiger charge is 2.32. The van der Waals surface area contributed by atoms with E-state index >= 15 is 0 Å². The summed E-state index contributed by atoms with van der Waals surface area (Å²) in [7, 11) is 0. The number of hydrogen-bond donors (Lipinski definition) is 2. The Labute approximate surface area is 129 Å². The highest BCUT2D eigenvalue weighted by molar-refractivity contribution is 5.98. The standard InChI is InChI=1S/C16H21N3O3/c1-11(14(17)20)19-10-6-5-9-13(16(19)22)18-15(21)12-7-3-2-4-8-12/h2-4,7-8,11,13H,5-6,9-10H2,1H3,(H2,17,20)(H,18,21). The molecule has 0 aliphatic carbocycles. The first-order valence-corrected chi connectivity index (χ1v) is 7.46. The lowest BCUT2D eigenvalue weighted by Gasteiger charge is -2.28. The third-order valence-electron chi connectivity index (χ3n) is 3.94. The summed E-state index contributed by atoms with van der Waals surface area (Å²) in [5.41, 5.74) is 5.81. The molecule has 0 radical (unpaired) electrons. The molecule has 0 spiro atoms. The van der Waals surface area contributed by atoms with Crippen LogP contribution in [0, 0.1) is 0 Å². The van der Waals surface area contributed by atoms with E-state index in [1.807, 2.05) is 6.07 Å². The summed E-state index contributed by atoms with van der Waals surface area (Å²) >= 11 is 0. The maximum absolute atomic E-state index is 12.6. The van der Waals surface area contributed by atoms with Crippen molar-refractivity contribution in [1.82, 2.24) is 10.2 Å². The molecule has 1 heterocycles. The van der Waals surface area contributed by atoms with Gasteiger partial charge in [0.15, 0.2) is 0 Å². The van der Waals surface area contributed by atoms with E-state index in [4.69, 9.17) is 5.73 Å². The molecule has 2 unspecified atom stereocenters. The first-order chi connectivity index (χ1) is 10.5. The number of carbonyl (C=O) groups is 3. The minimum Gasteiger partial charge on any atom is -0.368 e. The van der Waals surface area contributed by atoms with E-state index in [0.717, 1.165) is 12.8 Å². The predicted molar refractivity (Wildman–Crippen MR) is 81.9 cm³/mol. The topological polar surface area (TPSA) is 92.5 Å². The Balaban J connectivity index is 2.10. The number of rotatable bonds is 4. The maximum Gasteiger partial charge on any atom is 0.251 e. The Kier molecular flexibility index (Phi) is 5.14. The van der Waals surface area contributed by atoms with Gasteiger partial charge in [0.2, 0.25) is 11.8 Å². The van der Waals surface area contributed by atoms with Crippen LogP contribution in [0.2, 0.25) is 0 Å². The second kappa shape index (κ2) is 7.06. The van der Waals surface area contributed by atoms with Crippen LogP contribution in [0.3, 0.4) is 0 Å². The van der Waals surface area contributed by atoms with Gasteiger partial charge < -0.3 is 16.0 Å². The predicted octanol–water partition coefficient (Wildman–Crippen LogP) is 0.671. The van der Waals surface area contributed by atoms with Gasteiger partial charge in [0.1, 0.15) is 12.1 Å². The van der Waals surface area contributed by atoms with E-state index in [0.29, 0.717) is 18.5 Å². The van der Waals surface area contributed by atoms with Crippen molar-refractivity contribution in [3.63, 3.8) is 0 Å². The zero-order valence-electron chi connectivity index (χ0n) is 12.6. The molecule has 0 saturated carbocycles. The summed E-state index contributed by atoms with van der Waals surface area (Å²) in [4.78, 5) is 37.6. The number of likely N-dealkylation sites (tertiary alicyclic amines) is 1. The number of nitrogens with two attached hydrogens (primary N) is 1. The molecule has 2 atom stereocenters. The van der Waals surface area contributed by atoms with Crippen LogP contribution in [0.4, 0.5) is 0 Å². The minimum atomic E-state index is -0.665. The van der Waals surface area contributed by atoms with Crippen LogP contribution in [0.15, 0.2) is 30.3 Å². The van der Waals surface area contributed by atoms with E-state index in [1.165, 1.54) is 4.90 Å². The van der Waals surface area contributed by atoms with Crippen molar-refractivity contribution in [1.29, 1.82) is 0 Å². The van der Waals surface area contributed by atoms with E-state index < -0.39 is 18.0 Å². The van der Waals surface area contributed by atoms with E-state index in [1.54, 1.807) is 31.2 Å². The summed E-state index contributed by atoms with van der Waals surface area (Å²) in [6.07, 6.45) is 2.17. The number of nitrogens with zero attached hydrogens (tertiary/aromatic N) is 1. The fraction of sp³-hybridized carbons (Fsp3) is 0.438. The Morgan fingerprint density at radius 3 is 2.59 bits per heavy atom. The molecule has 1 fully saturated rings. The number of carbonyl (C=O) groups excluding carboxylic acids is 3. The molecule has 0 aromatic heterocycles. The molecular weight excluding hydrogens is 282 g/mol. The molecule has 1 aliphatic rings. The van der Waals surface area contributed by atoms with Crippen LogP contribution in [-0.2, 0) is 9.59 Å². The van der Waals surface area contributed by atoms with Gasteiger partial charge in [-0.05, 0) is 38.3 Å². The molecule has 2 rings (SSSR count). The van der Waals surface area contributed by atoms with Crippen LogP contribution >= 0.6 is 0 Å². The van der Waals surface area contributed by atoms with Crippen LogP contribution in [0.1, 0.15) is 36.5 Å². The average molecular weight is 303 g/mol. The van der Waals surface area contributed by atoms with Gasteiger partial charge in [-0.2, -0.15) is 0 Å². The molecule has 3 amide bonds. The Morgan fingerprint density at radius 2 is 1.95 bits per heavy atom. The average Bonchev–Trinajstić information content (AvgIpc) is 2.70. The lowest BCUT2D eigenvalue weighted by molar-refractivity contribution is -0.139. The summed E-state index contributed by atoms with van der Waals surface area (Å²) < 4.78 is 0. The second-order valence-corrected chi connectivity index (χ2v) is 5.50. The fourth-order valence-electron chi connectivity index (χ4n) is 2.57. The molecule has 6 heteroatoms. The highest BCUT2D eigenvalue weighted by Crippen LogP contribution is 2.15. The summed E-state index contributed by atoms with van der Waals surface area (Å²) in [6, 6.07) is 7.47. The van der Waals surface area contributed by atoms with Gasteiger partial charge in [0.05, 0.1) is 0 Å². The first kappa shape index (κ1) is 16.0. The van der Waals surface area contributed by atoms with Gasteiger partial charge >= 0.3 is 0 Å². The van der Waals surface area contributed by atoms with Crippen LogP contribution in [-0.4, -0.2) is 41.2 Å². The van der Waals surface area contributed by atoms with E-state index in [2.05, 4.69) is 5.32 Å². The number of amides is 3. The van der Waals surface area contributed by atoms with Crippen molar-refractivity contribution in [2.45, 2.75) is 38.3 Å². The zero-order valence-corrected chi connectivity index (χ0v) is 12.6. The second-order valence-electron chi connectivity index (χ2n) is 5.50. The first-order valence-electron chi connectivity index (χ1n) is 7.46. The van der Waals surface area contributed by atoms with Crippen LogP contribution in [0.25, 0.3) is 0 Å². The maximum atomic E-state index is 12.6. The third-order valence-corrected chi connectivity index (χ3v) is 3.94. The van der Waals surface area contributed by atoms with Crippen LogP contribution < -0.4 is 11.1 Å². The summed E-state index contributed by atoms with van der Waals surface area (Å²) in [5, 5.41) is 2.77. The normalized spacial score (nSPS) is 20.1. The molecule has 0 bridgehead atoms. The van der Waals surface area contributed by atoms with Crippen molar-refractivity contribution in [2.75, 3.05) is 6.54 Å². The van der Waals surface area contributed by atoms with Gasteiger partial charge in [-0.15, -0.1) is 0 Å². The van der Waals surface area contributed by atoms with Crippen molar-refractivity contribution < 1.29 is 14.4 Å². The van der Waals surface area contributed by atoms with Crippen molar-refractivity contribution in [3.05, 3.63) is 35.9 Å². The quantitative estimate of drug-likeness (QED) is 0.856. The van der Waals surface area contributed by atoms with E-state index in [9.17, 15) is 14.4 Å². The third kappa shape index (κ3) is 3.63. The molecule has 1 aromatic rings. The largest absolute Gasteiger partial charge is 0.368 e. The Bertz CT molecular complexity index is 559. The lowest BCUT2D eigenvalue weighted by atomic mass is 10.1. The monoisotopic (exact) mass is 303 g/mol. The summed E-state index contributed by atoms with van der Waals surface area (Å²) in [5.74, 6) is -1.07. The van der Waals surface area contributed by atoms with E-state index in [-0.39, 0.29) is 11.8 Å². The molecule has 6 nitrogen and oxygen atoms in total. The van der Waals surface area contributed by atoms with Crippen molar-refractivity contribution >= 4 is 17.7 Å². The fourth-order valence-corrected chi connectivity index (χ4v) is 2.57. The van der Waals surface area contributed by atoms with Gasteiger partial charge in [-0.1, -0.05) is 18.2 Å². The number of benzene rings is 1. The minimum absolute atomic E-state index is 0.243. The smallest absolute Gasteiger partial charge is 0.251 e. The lowest BCUT2D eigenvalue weighted by Crippen LogP contribution is -2.53. The number of nitrogens with one attached hydrogen (secondary N) is 1. The Morgan fingerprint density at radius 1 is 1.27 bits per heavy atom. The molecule has 1 saturated heterocycles. The molecule has 1 aliphatic heterocycles. The van der Waals surface area contributed by atoms with Crippen molar-refractivity contribution in [3.8, 4) is 0 Å².